The van der Waals surface area contributed by atoms with E-state index >= 15 is 0 Å². The molecule has 120 valence electrons. The van der Waals surface area contributed by atoms with Gasteiger partial charge in [0.15, 0.2) is 5.96 Å². The number of nitrogens with two attached hydrogens (primary N) is 2. The number of benzene rings is 1. The third-order valence-electron chi connectivity index (χ3n) is 2.86. The Balaban J connectivity index is 2.63. The minimum atomic E-state index is -0.721. The number of nitrogens with zero attached hydrogens (tertiary/aromatic N) is 1. The Labute approximate surface area is 129 Å². The lowest BCUT2D eigenvalue weighted by molar-refractivity contribution is -0.145. The van der Waals surface area contributed by atoms with E-state index in [2.05, 4.69) is 10.3 Å². The standard InChI is InChI=1S/C15H22N4O3/c1-2-22-14(21)12(9-6-10-18-15(16)17)19-13(20)11-7-4-3-5-8-11/h3-5,7-8,12H,2,6,9-10H2,1H3,(H,19,20)(H4,16,17,18)/t12-/m1/s1. The number of rotatable bonds is 8. The summed E-state index contributed by atoms with van der Waals surface area (Å²) in [7, 11) is 0. The van der Waals surface area contributed by atoms with Crippen LogP contribution in [0.5, 0.6) is 0 Å². The van der Waals surface area contributed by atoms with E-state index in [-0.39, 0.29) is 18.5 Å². The van der Waals surface area contributed by atoms with E-state index in [9.17, 15) is 9.59 Å². The van der Waals surface area contributed by atoms with Crippen LogP contribution in [-0.4, -0.2) is 37.0 Å². The van der Waals surface area contributed by atoms with Crippen molar-refractivity contribution >= 4 is 17.8 Å². The van der Waals surface area contributed by atoms with Gasteiger partial charge >= 0.3 is 5.97 Å². The average Bonchev–Trinajstić information content (AvgIpc) is 2.51. The second-order valence-corrected chi connectivity index (χ2v) is 4.59. The molecule has 0 unspecified atom stereocenters. The fraction of sp³-hybridized carbons (Fsp3) is 0.400. The van der Waals surface area contributed by atoms with Gasteiger partial charge in [-0.05, 0) is 31.9 Å². The second-order valence-electron chi connectivity index (χ2n) is 4.59. The van der Waals surface area contributed by atoms with Crippen molar-refractivity contribution in [3.05, 3.63) is 35.9 Å². The number of nitrogens with one attached hydrogen (secondary N) is 1. The lowest BCUT2D eigenvalue weighted by Gasteiger charge is -2.17. The van der Waals surface area contributed by atoms with E-state index in [4.69, 9.17) is 16.2 Å². The van der Waals surface area contributed by atoms with Crippen molar-refractivity contribution < 1.29 is 14.3 Å². The van der Waals surface area contributed by atoms with E-state index < -0.39 is 12.0 Å². The van der Waals surface area contributed by atoms with Crippen molar-refractivity contribution in [2.45, 2.75) is 25.8 Å². The molecular formula is C15H22N4O3. The molecule has 0 spiro atoms. The van der Waals surface area contributed by atoms with Crippen LogP contribution in [0.3, 0.4) is 0 Å². The number of hydrogen-bond acceptors (Lipinski definition) is 4. The maximum atomic E-state index is 12.1. The predicted octanol–water partition coefficient (Wildman–Crippen LogP) is 0.402. The molecule has 7 nitrogen and oxygen atoms in total. The third-order valence-corrected chi connectivity index (χ3v) is 2.86. The zero-order valence-electron chi connectivity index (χ0n) is 12.6. The van der Waals surface area contributed by atoms with Gasteiger partial charge in [-0.1, -0.05) is 18.2 Å². The van der Waals surface area contributed by atoms with Crippen molar-refractivity contribution in [3.63, 3.8) is 0 Å². The summed E-state index contributed by atoms with van der Waals surface area (Å²) in [6.45, 7) is 2.36. The maximum absolute atomic E-state index is 12.1. The zero-order chi connectivity index (χ0) is 16.4. The summed E-state index contributed by atoms with van der Waals surface area (Å²) in [5.41, 5.74) is 11.0. The second kappa shape index (κ2) is 9.38. The Morgan fingerprint density at radius 2 is 1.95 bits per heavy atom. The summed E-state index contributed by atoms with van der Waals surface area (Å²) in [6.07, 6.45) is 0.949. The fourth-order valence-corrected chi connectivity index (χ4v) is 1.83. The first kappa shape index (κ1) is 17.5. The highest BCUT2D eigenvalue weighted by Gasteiger charge is 2.22. The highest BCUT2D eigenvalue weighted by molar-refractivity contribution is 5.96. The third kappa shape index (κ3) is 6.25. The molecule has 0 saturated heterocycles. The number of amides is 1. The smallest absolute Gasteiger partial charge is 0.328 e. The summed E-state index contributed by atoms with van der Waals surface area (Å²) in [5.74, 6) is -0.780. The quantitative estimate of drug-likeness (QED) is 0.278. The first-order valence-electron chi connectivity index (χ1n) is 7.12. The van der Waals surface area contributed by atoms with Gasteiger partial charge < -0.3 is 21.5 Å². The molecule has 0 bridgehead atoms. The normalized spacial score (nSPS) is 11.3. The molecule has 1 rings (SSSR count). The minimum absolute atomic E-state index is 0.000931. The first-order valence-corrected chi connectivity index (χ1v) is 7.12. The van der Waals surface area contributed by atoms with Crippen molar-refractivity contribution in [2.24, 2.45) is 16.5 Å². The Bertz CT molecular complexity index is 513. The number of esters is 1. The van der Waals surface area contributed by atoms with Gasteiger partial charge in [-0.2, -0.15) is 0 Å². The summed E-state index contributed by atoms with van der Waals surface area (Å²) < 4.78 is 4.98. The Kier molecular flexibility index (Phi) is 7.45. The van der Waals surface area contributed by atoms with Crippen LogP contribution in [0.25, 0.3) is 0 Å². The van der Waals surface area contributed by atoms with Crippen LogP contribution in [0.15, 0.2) is 35.3 Å². The number of hydrogen-bond donors (Lipinski definition) is 3. The van der Waals surface area contributed by atoms with Gasteiger partial charge in [-0.15, -0.1) is 0 Å². The first-order chi connectivity index (χ1) is 10.5. The Morgan fingerprint density at radius 3 is 2.55 bits per heavy atom. The van der Waals surface area contributed by atoms with Crippen LogP contribution in [0.1, 0.15) is 30.1 Å². The molecular weight excluding hydrogens is 284 g/mol. The van der Waals surface area contributed by atoms with Gasteiger partial charge in [0.05, 0.1) is 6.61 Å². The van der Waals surface area contributed by atoms with Gasteiger partial charge in [0.2, 0.25) is 0 Å². The Hall–Kier alpha value is -2.57. The van der Waals surface area contributed by atoms with Crippen LogP contribution < -0.4 is 16.8 Å². The monoisotopic (exact) mass is 306 g/mol. The highest BCUT2D eigenvalue weighted by atomic mass is 16.5. The van der Waals surface area contributed by atoms with Crippen LogP contribution in [0.4, 0.5) is 0 Å². The molecule has 0 saturated carbocycles. The molecule has 1 aromatic rings. The predicted molar refractivity (Wildman–Crippen MR) is 84.2 cm³/mol. The van der Waals surface area contributed by atoms with Gasteiger partial charge in [-0.25, -0.2) is 4.79 Å². The van der Waals surface area contributed by atoms with Crippen molar-refractivity contribution in [1.82, 2.24) is 5.32 Å². The summed E-state index contributed by atoms with van der Waals surface area (Å²) in [6, 6.07) is 7.96. The number of aliphatic imine (C=N–C) groups is 1. The number of ether oxygens (including phenoxy) is 1. The SMILES string of the molecule is CCOC(=O)[C@@H](CCCN=C(N)N)NC(=O)c1ccccc1. The molecule has 0 aromatic heterocycles. The summed E-state index contributed by atoms with van der Waals surface area (Å²) in [4.78, 5) is 27.9. The van der Waals surface area contributed by atoms with Crippen LogP contribution >= 0.6 is 0 Å². The molecule has 22 heavy (non-hydrogen) atoms. The van der Waals surface area contributed by atoms with Gasteiger partial charge in [0.25, 0.3) is 5.91 Å². The molecule has 0 heterocycles. The number of guanidine groups is 1. The fourth-order valence-electron chi connectivity index (χ4n) is 1.83. The largest absolute Gasteiger partial charge is 0.464 e. The van der Waals surface area contributed by atoms with Crippen molar-refractivity contribution in [1.29, 1.82) is 0 Å². The van der Waals surface area contributed by atoms with Gasteiger partial charge in [-0.3, -0.25) is 9.79 Å². The zero-order valence-corrected chi connectivity index (χ0v) is 12.6. The summed E-state index contributed by atoms with van der Waals surface area (Å²) >= 11 is 0. The molecule has 0 fully saturated rings. The minimum Gasteiger partial charge on any atom is -0.464 e. The molecule has 7 heteroatoms. The molecule has 0 radical (unpaired) electrons. The molecule has 0 aliphatic rings. The van der Waals surface area contributed by atoms with Gasteiger partial charge in [0.1, 0.15) is 6.04 Å². The van der Waals surface area contributed by atoms with Crippen LogP contribution in [0, 0.1) is 0 Å². The Morgan fingerprint density at radius 1 is 1.27 bits per heavy atom. The lowest BCUT2D eigenvalue weighted by atomic mass is 10.1. The number of carbonyl (C=O) groups is 2. The van der Waals surface area contributed by atoms with Crippen molar-refractivity contribution in [3.8, 4) is 0 Å². The van der Waals surface area contributed by atoms with Crippen molar-refractivity contribution in [2.75, 3.05) is 13.2 Å². The van der Waals surface area contributed by atoms with E-state index in [0.717, 1.165) is 0 Å². The highest BCUT2D eigenvalue weighted by Crippen LogP contribution is 2.04. The average molecular weight is 306 g/mol. The molecule has 0 aliphatic carbocycles. The maximum Gasteiger partial charge on any atom is 0.328 e. The van der Waals surface area contributed by atoms with E-state index in [0.29, 0.717) is 24.9 Å². The molecule has 1 amide bonds. The van der Waals surface area contributed by atoms with E-state index in [1.165, 1.54) is 0 Å². The molecule has 5 N–H and O–H groups in total. The molecule has 1 atom stereocenters. The van der Waals surface area contributed by atoms with E-state index in [1.54, 1.807) is 31.2 Å². The van der Waals surface area contributed by atoms with Crippen LogP contribution in [-0.2, 0) is 9.53 Å². The number of carbonyl (C=O) groups excluding carboxylic acids is 2. The van der Waals surface area contributed by atoms with Gasteiger partial charge in [0, 0.05) is 12.1 Å². The van der Waals surface area contributed by atoms with E-state index in [1.807, 2.05) is 6.07 Å². The topological polar surface area (TPSA) is 120 Å². The lowest BCUT2D eigenvalue weighted by Crippen LogP contribution is -2.42. The summed E-state index contributed by atoms with van der Waals surface area (Å²) in [5, 5.41) is 2.68. The molecule has 0 aliphatic heterocycles. The molecule has 1 aromatic carbocycles. The van der Waals surface area contributed by atoms with Crippen LogP contribution in [0.2, 0.25) is 0 Å².